The van der Waals surface area contributed by atoms with Crippen LogP contribution in [0.1, 0.15) is 28.5 Å². The van der Waals surface area contributed by atoms with Gasteiger partial charge in [-0.3, -0.25) is 4.79 Å². The van der Waals surface area contributed by atoms with E-state index >= 15 is 0 Å². The molecule has 100 valence electrons. The second-order valence-corrected chi connectivity index (χ2v) is 5.21. The van der Waals surface area contributed by atoms with Gasteiger partial charge in [-0.2, -0.15) is 0 Å². The van der Waals surface area contributed by atoms with Crippen LogP contribution < -0.4 is 11.1 Å². The monoisotopic (exact) mass is 299 g/mol. The number of hydrogen-bond acceptors (Lipinski definition) is 4. The number of halogens is 2. The predicted molar refractivity (Wildman–Crippen MR) is 74.1 cm³/mol. The molecule has 0 aliphatic carbocycles. The summed E-state index contributed by atoms with van der Waals surface area (Å²) in [5, 5.41) is 4.61. The van der Waals surface area contributed by atoms with E-state index in [0.717, 1.165) is 0 Å². The number of aromatic nitrogens is 1. The highest BCUT2D eigenvalue weighted by atomic mass is 35.5. The van der Waals surface area contributed by atoms with Gasteiger partial charge in [-0.15, -0.1) is 11.3 Å². The first-order valence-electron chi connectivity index (χ1n) is 5.45. The van der Waals surface area contributed by atoms with Gasteiger partial charge in [0.2, 0.25) is 0 Å². The summed E-state index contributed by atoms with van der Waals surface area (Å²) in [5.74, 6) is -1.16. The summed E-state index contributed by atoms with van der Waals surface area (Å²) in [6.45, 7) is 1.77. The quantitative estimate of drug-likeness (QED) is 0.914. The van der Waals surface area contributed by atoms with Crippen LogP contribution in [-0.2, 0) is 0 Å². The van der Waals surface area contributed by atoms with Crippen LogP contribution in [0, 0.1) is 5.82 Å². The minimum absolute atomic E-state index is 0.0212. The summed E-state index contributed by atoms with van der Waals surface area (Å²) in [6.07, 6.45) is 0. The molecule has 2 rings (SSSR count). The number of nitrogens with one attached hydrogen (secondary N) is 1. The summed E-state index contributed by atoms with van der Waals surface area (Å²) in [7, 11) is 0. The molecule has 0 radical (unpaired) electrons. The number of anilines is 1. The summed E-state index contributed by atoms with van der Waals surface area (Å²) in [4.78, 5) is 16.0. The van der Waals surface area contributed by atoms with Gasteiger partial charge >= 0.3 is 0 Å². The lowest BCUT2D eigenvalue weighted by Crippen LogP contribution is -2.14. The largest absolute Gasteiger partial charge is 0.322 e. The highest BCUT2D eigenvalue weighted by molar-refractivity contribution is 7.09. The van der Waals surface area contributed by atoms with Crippen molar-refractivity contribution in [2.24, 2.45) is 5.73 Å². The van der Waals surface area contributed by atoms with E-state index in [-0.39, 0.29) is 22.4 Å². The van der Waals surface area contributed by atoms with Gasteiger partial charge in [0.05, 0.1) is 16.8 Å². The molecule has 0 saturated heterocycles. The number of amides is 1. The maximum Gasteiger partial charge on any atom is 0.275 e. The molecule has 0 spiro atoms. The zero-order valence-corrected chi connectivity index (χ0v) is 11.6. The van der Waals surface area contributed by atoms with Gasteiger partial charge in [0.1, 0.15) is 10.7 Å². The van der Waals surface area contributed by atoms with Gasteiger partial charge in [-0.1, -0.05) is 17.7 Å². The lowest BCUT2D eigenvalue weighted by molar-refractivity contribution is 0.102. The molecular weight excluding hydrogens is 289 g/mol. The molecule has 19 heavy (non-hydrogen) atoms. The van der Waals surface area contributed by atoms with Crippen molar-refractivity contribution in [3.8, 4) is 0 Å². The number of rotatable bonds is 3. The van der Waals surface area contributed by atoms with Crippen LogP contribution in [0.25, 0.3) is 0 Å². The molecule has 1 aromatic heterocycles. The maximum absolute atomic E-state index is 13.6. The lowest BCUT2D eigenvalue weighted by Gasteiger charge is -2.05. The van der Waals surface area contributed by atoms with E-state index in [4.69, 9.17) is 17.3 Å². The Morgan fingerprint density at radius 3 is 2.95 bits per heavy atom. The Hall–Kier alpha value is -1.50. The first kappa shape index (κ1) is 13.9. The Balaban J connectivity index is 2.18. The van der Waals surface area contributed by atoms with Gasteiger partial charge in [0.25, 0.3) is 5.91 Å². The number of carbonyl (C=O) groups excluding carboxylic acids is 1. The average molecular weight is 300 g/mol. The van der Waals surface area contributed by atoms with E-state index in [9.17, 15) is 9.18 Å². The van der Waals surface area contributed by atoms with Gasteiger partial charge in [-0.25, -0.2) is 9.37 Å². The van der Waals surface area contributed by atoms with Crippen LogP contribution in [0.2, 0.25) is 5.02 Å². The van der Waals surface area contributed by atoms with Crippen LogP contribution in [0.4, 0.5) is 10.1 Å². The first-order chi connectivity index (χ1) is 8.99. The third-order valence-corrected chi connectivity index (χ3v) is 3.68. The molecule has 0 aliphatic heterocycles. The van der Waals surface area contributed by atoms with Crippen LogP contribution in [0.3, 0.4) is 0 Å². The van der Waals surface area contributed by atoms with Gasteiger partial charge in [0.15, 0.2) is 5.82 Å². The van der Waals surface area contributed by atoms with Crippen molar-refractivity contribution in [2.45, 2.75) is 13.0 Å². The third kappa shape index (κ3) is 3.09. The number of nitrogens with zero attached hydrogens (tertiary/aromatic N) is 1. The molecule has 0 bridgehead atoms. The molecule has 4 nitrogen and oxygen atoms in total. The van der Waals surface area contributed by atoms with E-state index in [2.05, 4.69) is 10.3 Å². The predicted octanol–water partition coefficient (Wildman–Crippen LogP) is 3.21. The number of benzene rings is 1. The van der Waals surface area contributed by atoms with Crippen LogP contribution in [-0.4, -0.2) is 10.9 Å². The van der Waals surface area contributed by atoms with Crippen LogP contribution in [0.5, 0.6) is 0 Å². The molecule has 1 unspecified atom stereocenters. The molecule has 0 fully saturated rings. The smallest absolute Gasteiger partial charge is 0.275 e. The van der Waals surface area contributed by atoms with Gasteiger partial charge in [0, 0.05) is 5.38 Å². The summed E-state index contributed by atoms with van der Waals surface area (Å²) in [5.41, 5.74) is 5.89. The van der Waals surface area contributed by atoms with Crippen LogP contribution in [0.15, 0.2) is 23.6 Å². The van der Waals surface area contributed by atoms with E-state index < -0.39 is 11.7 Å². The molecule has 2 aromatic rings. The standard InChI is InChI=1S/C12H11ClFN3OS/c1-6(15)12-17-9(5-19-12)11(18)16-8-4-2-3-7(13)10(8)14/h2-6H,15H2,1H3,(H,16,18). The molecule has 0 aliphatic rings. The van der Waals surface area contributed by atoms with Crippen molar-refractivity contribution in [3.05, 3.63) is 45.1 Å². The fourth-order valence-electron chi connectivity index (χ4n) is 1.39. The van der Waals surface area contributed by atoms with Crippen molar-refractivity contribution < 1.29 is 9.18 Å². The Morgan fingerprint density at radius 1 is 1.58 bits per heavy atom. The van der Waals surface area contributed by atoms with Crippen molar-refractivity contribution in [3.63, 3.8) is 0 Å². The fraction of sp³-hybridized carbons (Fsp3) is 0.167. The average Bonchev–Trinajstić information content (AvgIpc) is 2.84. The molecule has 1 heterocycles. The minimum Gasteiger partial charge on any atom is -0.322 e. The number of carbonyl (C=O) groups is 1. The Kier molecular flexibility index (Phi) is 4.14. The Morgan fingerprint density at radius 2 is 2.32 bits per heavy atom. The minimum atomic E-state index is -0.667. The second kappa shape index (κ2) is 5.64. The highest BCUT2D eigenvalue weighted by Crippen LogP contribution is 2.23. The maximum atomic E-state index is 13.6. The molecule has 1 amide bonds. The molecule has 1 aromatic carbocycles. The van der Waals surface area contributed by atoms with E-state index in [1.54, 1.807) is 18.4 Å². The molecular formula is C12H11ClFN3OS. The van der Waals surface area contributed by atoms with E-state index in [0.29, 0.717) is 5.01 Å². The summed E-state index contributed by atoms with van der Waals surface area (Å²) in [6, 6.07) is 4.14. The van der Waals surface area contributed by atoms with Gasteiger partial charge in [-0.05, 0) is 19.1 Å². The summed E-state index contributed by atoms with van der Waals surface area (Å²) >= 11 is 6.92. The fourth-order valence-corrected chi connectivity index (χ4v) is 2.32. The zero-order chi connectivity index (χ0) is 14.0. The SMILES string of the molecule is CC(N)c1nc(C(=O)Nc2cccc(Cl)c2F)cs1. The molecule has 7 heteroatoms. The van der Waals surface area contributed by atoms with Crippen molar-refractivity contribution in [2.75, 3.05) is 5.32 Å². The highest BCUT2D eigenvalue weighted by Gasteiger charge is 2.15. The van der Waals surface area contributed by atoms with Crippen molar-refractivity contribution in [1.29, 1.82) is 0 Å². The Bertz CT molecular complexity index is 615. The van der Waals surface area contributed by atoms with Crippen molar-refractivity contribution in [1.82, 2.24) is 4.98 Å². The second-order valence-electron chi connectivity index (χ2n) is 3.92. The molecule has 1 atom stereocenters. The third-order valence-electron chi connectivity index (χ3n) is 2.34. The van der Waals surface area contributed by atoms with Gasteiger partial charge < -0.3 is 11.1 Å². The topological polar surface area (TPSA) is 68.0 Å². The Labute approximate surface area is 118 Å². The number of hydrogen-bond donors (Lipinski definition) is 2. The summed E-state index contributed by atoms with van der Waals surface area (Å²) < 4.78 is 13.6. The number of nitrogens with two attached hydrogens (primary N) is 1. The lowest BCUT2D eigenvalue weighted by atomic mass is 10.3. The molecule has 0 saturated carbocycles. The molecule has 3 N–H and O–H groups in total. The number of thiazole rings is 1. The van der Waals surface area contributed by atoms with Crippen molar-refractivity contribution >= 4 is 34.5 Å². The normalized spacial score (nSPS) is 12.2. The van der Waals surface area contributed by atoms with E-state index in [1.165, 1.54) is 23.5 Å². The zero-order valence-electron chi connectivity index (χ0n) is 9.98. The van der Waals surface area contributed by atoms with E-state index in [1.807, 2.05) is 0 Å². The first-order valence-corrected chi connectivity index (χ1v) is 6.71. The van der Waals surface area contributed by atoms with Crippen LogP contribution >= 0.6 is 22.9 Å².